The van der Waals surface area contributed by atoms with Gasteiger partial charge in [0, 0.05) is 13.1 Å². The first-order valence-corrected chi connectivity index (χ1v) is 11.3. The number of halogens is 3. The second-order valence-corrected chi connectivity index (χ2v) is 8.17. The van der Waals surface area contributed by atoms with Gasteiger partial charge in [0.15, 0.2) is 16.6 Å². The molecule has 0 aliphatic carbocycles. The van der Waals surface area contributed by atoms with Crippen molar-refractivity contribution >= 4 is 17.3 Å². The molecule has 0 amide bonds. The Labute approximate surface area is 197 Å². The van der Waals surface area contributed by atoms with Gasteiger partial charge in [0.25, 0.3) is 0 Å². The highest BCUT2D eigenvalue weighted by molar-refractivity contribution is 7.80. The maximum atomic E-state index is 13.1. The highest BCUT2D eigenvalue weighted by atomic mass is 32.1. The van der Waals surface area contributed by atoms with Crippen molar-refractivity contribution in [2.75, 3.05) is 33.9 Å². The van der Waals surface area contributed by atoms with Crippen LogP contribution in [0.4, 0.5) is 13.2 Å². The molecule has 0 saturated carbocycles. The lowest BCUT2D eigenvalue weighted by Gasteiger charge is -2.39. The number of benzene rings is 2. The van der Waals surface area contributed by atoms with Crippen molar-refractivity contribution in [1.82, 2.24) is 10.2 Å². The van der Waals surface area contributed by atoms with E-state index in [1.807, 2.05) is 17.0 Å². The summed E-state index contributed by atoms with van der Waals surface area (Å²) in [5, 5.41) is 3.89. The summed E-state index contributed by atoms with van der Waals surface area (Å²) in [5.74, 6) is 1.36. The quantitative estimate of drug-likeness (QED) is 0.403. The Morgan fingerprint density at radius 1 is 1.15 bits per heavy atom. The molecule has 0 aromatic heterocycles. The van der Waals surface area contributed by atoms with Gasteiger partial charge in [-0.1, -0.05) is 19.4 Å². The van der Waals surface area contributed by atoms with E-state index < -0.39 is 11.7 Å². The summed E-state index contributed by atoms with van der Waals surface area (Å²) >= 11 is 5.66. The molecule has 2 aromatic carbocycles. The first kappa shape index (κ1) is 25.0. The zero-order chi connectivity index (χ0) is 24.0. The second-order valence-electron chi connectivity index (χ2n) is 7.79. The zero-order valence-electron chi connectivity index (χ0n) is 19.0. The van der Waals surface area contributed by atoms with Crippen molar-refractivity contribution in [3.05, 3.63) is 53.1 Å². The van der Waals surface area contributed by atoms with E-state index in [-0.39, 0.29) is 18.4 Å². The highest BCUT2D eigenvalue weighted by Crippen LogP contribution is 2.39. The summed E-state index contributed by atoms with van der Waals surface area (Å²) in [7, 11) is 3.15. The van der Waals surface area contributed by atoms with Crippen molar-refractivity contribution in [2.45, 2.75) is 38.4 Å². The van der Waals surface area contributed by atoms with E-state index >= 15 is 0 Å². The summed E-state index contributed by atoms with van der Waals surface area (Å²) < 4.78 is 56.1. The molecule has 33 heavy (non-hydrogen) atoms. The van der Waals surface area contributed by atoms with E-state index in [0.29, 0.717) is 23.2 Å². The fourth-order valence-corrected chi connectivity index (χ4v) is 4.18. The number of fused-ring (bicyclic) bond motifs is 1. The number of alkyl halides is 3. The molecular formula is C24H29F3N2O3S. The lowest BCUT2D eigenvalue weighted by atomic mass is 9.92. The lowest BCUT2D eigenvalue weighted by Crippen LogP contribution is -2.47. The SMILES string of the molecule is CCCCNC(=S)N1CCc2cc(OC)c(OC)cc2[C@H]1COc1cccc(C(F)(F)F)c1. The largest absolute Gasteiger partial charge is 0.493 e. The van der Waals surface area contributed by atoms with Crippen LogP contribution in [-0.2, 0) is 12.6 Å². The van der Waals surface area contributed by atoms with Gasteiger partial charge in [-0.3, -0.25) is 0 Å². The van der Waals surface area contributed by atoms with Crippen molar-refractivity contribution in [3.63, 3.8) is 0 Å². The van der Waals surface area contributed by atoms with E-state index in [2.05, 4.69) is 12.2 Å². The predicted octanol–water partition coefficient (Wildman–Crippen LogP) is 5.38. The number of rotatable bonds is 8. The number of thiocarbonyl (C=S) groups is 1. The van der Waals surface area contributed by atoms with Crippen molar-refractivity contribution in [2.24, 2.45) is 0 Å². The van der Waals surface area contributed by atoms with Gasteiger partial charge in [-0.15, -0.1) is 0 Å². The maximum absolute atomic E-state index is 13.1. The van der Waals surface area contributed by atoms with Gasteiger partial charge in [0.2, 0.25) is 0 Å². The average Bonchev–Trinajstić information content (AvgIpc) is 2.81. The second kappa shape index (κ2) is 11.0. The fraction of sp³-hybridized carbons (Fsp3) is 0.458. The van der Waals surface area contributed by atoms with Crippen LogP contribution in [0, 0.1) is 0 Å². The highest BCUT2D eigenvalue weighted by Gasteiger charge is 2.33. The summed E-state index contributed by atoms with van der Waals surface area (Å²) in [6.07, 6.45) is -1.67. The number of methoxy groups -OCH3 is 2. The Balaban J connectivity index is 1.90. The Kier molecular flexibility index (Phi) is 8.29. The molecule has 1 aliphatic heterocycles. The molecule has 1 N–H and O–H groups in total. The Bertz CT molecular complexity index is 968. The fourth-order valence-electron chi connectivity index (χ4n) is 3.86. The molecule has 0 fully saturated rings. The van der Waals surface area contributed by atoms with Gasteiger partial charge in [-0.2, -0.15) is 13.2 Å². The van der Waals surface area contributed by atoms with E-state index in [9.17, 15) is 13.2 Å². The Morgan fingerprint density at radius 3 is 2.55 bits per heavy atom. The molecule has 0 spiro atoms. The first-order chi connectivity index (χ1) is 15.8. The van der Waals surface area contributed by atoms with Crippen LogP contribution < -0.4 is 19.5 Å². The topological polar surface area (TPSA) is 43.0 Å². The van der Waals surface area contributed by atoms with Gasteiger partial charge < -0.3 is 24.4 Å². The van der Waals surface area contributed by atoms with Crippen molar-refractivity contribution < 1.29 is 27.4 Å². The molecule has 1 atom stereocenters. The van der Waals surface area contributed by atoms with Crippen LogP contribution >= 0.6 is 12.2 Å². The van der Waals surface area contributed by atoms with E-state index in [1.165, 1.54) is 12.1 Å². The molecule has 0 bridgehead atoms. The maximum Gasteiger partial charge on any atom is 0.416 e. The van der Waals surface area contributed by atoms with Crippen LogP contribution in [0.25, 0.3) is 0 Å². The first-order valence-electron chi connectivity index (χ1n) is 10.9. The average molecular weight is 483 g/mol. The number of nitrogens with zero attached hydrogens (tertiary/aromatic N) is 1. The van der Waals surface area contributed by atoms with Crippen LogP contribution in [0.2, 0.25) is 0 Å². The van der Waals surface area contributed by atoms with Gasteiger partial charge >= 0.3 is 6.18 Å². The zero-order valence-corrected chi connectivity index (χ0v) is 19.8. The minimum atomic E-state index is -4.43. The number of unbranched alkanes of at least 4 members (excludes halogenated alkanes) is 1. The third-order valence-corrected chi connectivity index (χ3v) is 6.02. The molecule has 1 aliphatic rings. The summed E-state index contributed by atoms with van der Waals surface area (Å²) in [6, 6.07) is 8.45. The third-order valence-electron chi connectivity index (χ3n) is 5.64. The predicted molar refractivity (Wildman–Crippen MR) is 125 cm³/mol. The Hall–Kier alpha value is -2.68. The summed E-state index contributed by atoms with van der Waals surface area (Å²) in [5.41, 5.74) is 1.27. The van der Waals surface area contributed by atoms with Gasteiger partial charge in [-0.25, -0.2) is 0 Å². The molecule has 2 aromatic rings. The molecular weight excluding hydrogens is 453 g/mol. The van der Waals surface area contributed by atoms with Crippen LogP contribution in [0.1, 0.15) is 42.5 Å². The summed E-state index contributed by atoms with van der Waals surface area (Å²) in [6.45, 7) is 3.63. The van der Waals surface area contributed by atoms with E-state index in [0.717, 1.165) is 49.1 Å². The monoisotopic (exact) mass is 482 g/mol. The van der Waals surface area contributed by atoms with Gasteiger partial charge in [0.05, 0.1) is 25.8 Å². The molecule has 0 saturated heterocycles. The smallest absolute Gasteiger partial charge is 0.416 e. The molecule has 9 heteroatoms. The standard InChI is InChI=1S/C24H29F3N2O3S/c1-4-5-10-28-23(33)29-11-9-16-12-21(30-2)22(31-3)14-19(16)20(29)15-32-18-8-6-7-17(13-18)24(25,26)27/h6-8,12-14,20H,4-5,9-11,15H2,1-3H3,(H,28,33)/t20-/m1/s1. The number of hydrogen-bond donors (Lipinski definition) is 1. The van der Waals surface area contributed by atoms with Crippen molar-refractivity contribution in [3.8, 4) is 17.2 Å². The van der Waals surface area contributed by atoms with E-state index in [4.69, 9.17) is 26.4 Å². The number of nitrogens with one attached hydrogen (secondary N) is 1. The molecule has 0 unspecified atom stereocenters. The third kappa shape index (κ3) is 6.01. The molecule has 5 nitrogen and oxygen atoms in total. The van der Waals surface area contributed by atoms with Crippen LogP contribution in [0.5, 0.6) is 17.2 Å². The summed E-state index contributed by atoms with van der Waals surface area (Å²) in [4.78, 5) is 2.03. The molecule has 180 valence electrons. The minimum absolute atomic E-state index is 0.124. The Morgan fingerprint density at radius 2 is 1.88 bits per heavy atom. The molecule has 0 radical (unpaired) electrons. The lowest BCUT2D eigenvalue weighted by molar-refractivity contribution is -0.137. The van der Waals surface area contributed by atoms with Crippen molar-refractivity contribution in [1.29, 1.82) is 0 Å². The minimum Gasteiger partial charge on any atom is -0.493 e. The van der Waals surface area contributed by atoms with Gasteiger partial charge in [0.1, 0.15) is 12.4 Å². The number of hydrogen-bond acceptors (Lipinski definition) is 4. The van der Waals surface area contributed by atoms with Gasteiger partial charge in [-0.05, 0) is 66.5 Å². The van der Waals surface area contributed by atoms with Crippen LogP contribution in [-0.4, -0.2) is 43.9 Å². The van der Waals surface area contributed by atoms with Crippen LogP contribution in [0.3, 0.4) is 0 Å². The number of ether oxygens (including phenoxy) is 3. The van der Waals surface area contributed by atoms with Crippen LogP contribution in [0.15, 0.2) is 36.4 Å². The molecule has 1 heterocycles. The normalized spacial score (nSPS) is 15.6. The molecule has 3 rings (SSSR count). The van der Waals surface area contributed by atoms with E-state index in [1.54, 1.807) is 14.2 Å².